The van der Waals surface area contributed by atoms with E-state index in [2.05, 4.69) is 4.74 Å². The summed E-state index contributed by atoms with van der Waals surface area (Å²) in [5, 5.41) is 0. The molecule has 1 rings (SSSR count). The van der Waals surface area contributed by atoms with Crippen LogP contribution >= 0.6 is 33.0 Å². The van der Waals surface area contributed by atoms with Gasteiger partial charge in [0.05, 0.1) is 16.9 Å². The van der Waals surface area contributed by atoms with Crippen LogP contribution in [0, 0.1) is 6.92 Å². The Balaban J connectivity index is 0.000000791. The normalized spacial score (nSPS) is 8.93. The van der Waals surface area contributed by atoms with Crippen molar-refractivity contribution in [2.45, 2.75) is 25.0 Å². The lowest BCUT2D eigenvalue weighted by molar-refractivity contribution is 0.0600. The quantitative estimate of drug-likeness (QED) is 0.741. The number of aryl methyl sites for hydroxylation is 1. The molecular weight excluding hydrogens is 240 g/mol. The molecule has 0 aliphatic heterocycles. The van der Waals surface area contributed by atoms with Gasteiger partial charge in [-0.25, -0.2) is 4.79 Å². The van der Waals surface area contributed by atoms with Crippen LogP contribution in [-0.4, -0.2) is 13.1 Å². The summed E-state index contributed by atoms with van der Waals surface area (Å²) in [6, 6.07) is 1.74. The molecule has 0 N–H and O–H groups in total. The molecule has 0 fully saturated rings. The van der Waals surface area contributed by atoms with Crippen molar-refractivity contribution in [1.29, 1.82) is 0 Å². The van der Waals surface area contributed by atoms with E-state index in [4.69, 9.17) is 10.7 Å². The molecule has 1 heterocycles. The van der Waals surface area contributed by atoms with Crippen LogP contribution < -0.4 is 0 Å². The molecular formula is C9H13ClO2S2. The van der Waals surface area contributed by atoms with Gasteiger partial charge in [0.2, 0.25) is 0 Å². The minimum atomic E-state index is -0.305. The standard InChI is InChI=1S/C7H7ClO2S2.C2H6/c1-4-5(7(9)10-2)3-6(11-4)12-8;1-2/h3H,1-2H3;1-2H3. The molecule has 0 aliphatic carbocycles. The van der Waals surface area contributed by atoms with Crippen molar-refractivity contribution in [3.63, 3.8) is 0 Å². The van der Waals surface area contributed by atoms with Gasteiger partial charge >= 0.3 is 5.97 Å². The first-order chi connectivity index (χ1) is 6.69. The van der Waals surface area contributed by atoms with E-state index in [0.29, 0.717) is 5.56 Å². The highest BCUT2D eigenvalue weighted by Gasteiger charge is 2.12. The van der Waals surface area contributed by atoms with Gasteiger partial charge < -0.3 is 4.74 Å². The zero-order valence-electron chi connectivity index (χ0n) is 8.59. The Kier molecular flexibility index (Phi) is 7.05. The van der Waals surface area contributed by atoms with E-state index in [9.17, 15) is 4.79 Å². The first kappa shape index (κ1) is 13.8. The van der Waals surface area contributed by atoms with Crippen LogP contribution in [0.4, 0.5) is 0 Å². The highest BCUT2D eigenvalue weighted by atomic mass is 35.7. The second kappa shape index (κ2) is 7.15. The number of carbonyl (C=O) groups excluding carboxylic acids is 1. The first-order valence-corrected chi connectivity index (χ1v) is 6.62. The van der Waals surface area contributed by atoms with E-state index < -0.39 is 0 Å². The first-order valence-electron chi connectivity index (χ1n) is 4.16. The van der Waals surface area contributed by atoms with E-state index in [1.165, 1.54) is 18.4 Å². The molecule has 0 aliphatic rings. The Hall–Kier alpha value is -0.190. The monoisotopic (exact) mass is 252 g/mol. The molecule has 5 heteroatoms. The van der Waals surface area contributed by atoms with E-state index >= 15 is 0 Å². The molecule has 2 nitrogen and oxygen atoms in total. The third-order valence-electron chi connectivity index (χ3n) is 1.38. The summed E-state index contributed by atoms with van der Waals surface area (Å²) < 4.78 is 5.50. The van der Waals surface area contributed by atoms with Crippen LogP contribution in [0.5, 0.6) is 0 Å². The van der Waals surface area contributed by atoms with Gasteiger partial charge in [-0.05, 0) is 34.6 Å². The number of methoxy groups -OCH3 is 1. The maximum absolute atomic E-state index is 11.1. The summed E-state index contributed by atoms with van der Waals surface area (Å²) in [5.74, 6) is -0.305. The fraction of sp³-hybridized carbons (Fsp3) is 0.444. The molecule has 0 aromatic carbocycles. The summed E-state index contributed by atoms with van der Waals surface area (Å²) in [5.41, 5.74) is 0.602. The van der Waals surface area contributed by atoms with Crippen LogP contribution in [0.2, 0.25) is 0 Å². The van der Waals surface area contributed by atoms with Crippen LogP contribution in [0.15, 0.2) is 10.3 Å². The van der Waals surface area contributed by atoms with Gasteiger partial charge in [0, 0.05) is 4.88 Å². The summed E-state index contributed by atoms with van der Waals surface area (Å²) in [6.07, 6.45) is 0. The molecule has 0 unspecified atom stereocenters. The predicted octanol–water partition coefficient (Wildman–Crippen LogP) is 4.12. The fourth-order valence-electron chi connectivity index (χ4n) is 0.805. The lowest BCUT2D eigenvalue weighted by atomic mass is 10.3. The van der Waals surface area contributed by atoms with Gasteiger partial charge in [-0.2, -0.15) is 0 Å². The number of halogens is 1. The summed E-state index contributed by atoms with van der Waals surface area (Å²) in [6.45, 7) is 5.87. The third-order valence-corrected chi connectivity index (χ3v) is 3.76. The van der Waals surface area contributed by atoms with Gasteiger partial charge in [0.15, 0.2) is 0 Å². The van der Waals surface area contributed by atoms with Gasteiger partial charge in [-0.15, -0.1) is 11.3 Å². The topological polar surface area (TPSA) is 26.3 Å². The van der Waals surface area contributed by atoms with E-state index in [1.807, 2.05) is 20.8 Å². The minimum Gasteiger partial charge on any atom is -0.465 e. The fourth-order valence-corrected chi connectivity index (χ4v) is 2.62. The van der Waals surface area contributed by atoms with Gasteiger partial charge in [-0.1, -0.05) is 13.8 Å². The maximum atomic E-state index is 11.1. The zero-order chi connectivity index (χ0) is 11.1. The number of ether oxygens (including phenoxy) is 1. The Morgan fingerprint density at radius 3 is 2.50 bits per heavy atom. The lowest BCUT2D eigenvalue weighted by Gasteiger charge is -1.94. The Morgan fingerprint density at radius 2 is 2.14 bits per heavy atom. The number of carbonyl (C=O) groups is 1. The number of esters is 1. The Bertz CT molecular complexity index is 297. The van der Waals surface area contributed by atoms with Gasteiger partial charge in [0.25, 0.3) is 0 Å². The molecule has 0 saturated heterocycles. The second-order valence-corrected chi connectivity index (χ2v) is 4.68. The van der Waals surface area contributed by atoms with Crippen LogP contribution in [-0.2, 0) is 4.74 Å². The summed E-state index contributed by atoms with van der Waals surface area (Å²) in [4.78, 5) is 12.0. The second-order valence-electron chi connectivity index (χ2n) is 2.10. The molecule has 14 heavy (non-hydrogen) atoms. The maximum Gasteiger partial charge on any atom is 0.339 e. The smallest absolute Gasteiger partial charge is 0.339 e. The molecule has 1 aromatic heterocycles. The molecule has 0 atom stereocenters. The average Bonchev–Trinajstić information content (AvgIpc) is 2.61. The highest BCUT2D eigenvalue weighted by Crippen LogP contribution is 2.32. The van der Waals surface area contributed by atoms with Crippen LogP contribution in [0.25, 0.3) is 0 Å². The predicted molar refractivity (Wildman–Crippen MR) is 63.5 cm³/mol. The van der Waals surface area contributed by atoms with Gasteiger partial charge in [-0.3, -0.25) is 0 Å². The van der Waals surface area contributed by atoms with E-state index in [-0.39, 0.29) is 5.97 Å². The number of thiophene rings is 1. The van der Waals surface area contributed by atoms with Crippen molar-refractivity contribution in [2.75, 3.05) is 7.11 Å². The SMILES string of the molecule is CC.COC(=O)c1cc(SCl)sc1C. The van der Waals surface area contributed by atoms with E-state index in [1.54, 1.807) is 6.07 Å². The molecule has 80 valence electrons. The highest BCUT2D eigenvalue weighted by molar-refractivity contribution is 8.22. The molecule has 1 aromatic rings. The molecule has 0 bridgehead atoms. The Morgan fingerprint density at radius 1 is 1.57 bits per heavy atom. The van der Waals surface area contributed by atoms with Crippen molar-refractivity contribution in [3.8, 4) is 0 Å². The summed E-state index contributed by atoms with van der Waals surface area (Å²) in [7, 11) is 8.02. The summed E-state index contributed by atoms with van der Waals surface area (Å²) >= 11 is 1.49. The van der Waals surface area contributed by atoms with Crippen molar-refractivity contribution >= 4 is 39.0 Å². The van der Waals surface area contributed by atoms with Crippen molar-refractivity contribution in [1.82, 2.24) is 0 Å². The average molecular weight is 253 g/mol. The van der Waals surface area contributed by atoms with E-state index in [0.717, 1.165) is 20.1 Å². The minimum absolute atomic E-state index is 0.305. The number of hydrogen-bond acceptors (Lipinski definition) is 4. The van der Waals surface area contributed by atoms with Crippen molar-refractivity contribution in [2.24, 2.45) is 0 Å². The molecule has 0 saturated carbocycles. The molecule has 0 radical (unpaired) electrons. The largest absolute Gasteiger partial charge is 0.465 e. The van der Waals surface area contributed by atoms with Crippen LogP contribution in [0.3, 0.4) is 0 Å². The molecule has 0 amide bonds. The van der Waals surface area contributed by atoms with Crippen LogP contribution in [0.1, 0.15) is 29.1 Å². The lowest BCUT2D eigenvalue weighted by Crippen LogP contribution is -2.00. The zero-order valence-corrected chi connectivity index (χ0v) is 11.0. The Labute approximate surface area is 97.1 Å². The van der Waals surface area contributed by atoms with Crippen molar-refractivity contribution in [3.05, 3.63) is 16.5 Å². The number of rotatable bonds is 2. The van der Waals surface area contributed by atoms with Gasteiger partial charge in [0.1, 0.15) is 0 Å². The third kappa shape index (κ3) is 3.52. The number of hydrogen-bond donors (Lipinski definition) is 0. The molecule has 0 spiro atoms. The van der Waals surface area contributed by atoms with Crippen molar-refractivity contribution < 1.29 is 9.53 Å².